The smallest absolute Gasteiger partial charge is 0.287 e. The zero-order valence-electron chi connectivity index (χ0n) is 24.7. The van der Waals surface area contributed by atoms with Crippen LogP contribution in [0.25, 0.3) is 11.0 Å². The van der Waals surface area contributed by atoms with Gasteiger partial charge >= 0.3 is 0 Å². The highest BCUT2D eigenvalue weighted by Crippen LogP contribution is 2.47. The highest BCUT2D eigenvalue weighted by Gasteiger charge is 2.44. The lowest BCUT2D eigenvalue weighted by Crippen LogP contribution is -2.54. The third kappa shape index (κ3) is 7.05. The van der Waals surface area contributed by atoms with Crippen molar-refractivity contribution in [2.45, 2.75) is 64.0 Å². The molecule has 0 radical (unpaired) electrons. The average molecular weight is 671 g/mol. The van der Waals surface area contributed by atoms with Crippen molar-refractivity contribution in [3.8, 4) is 0 Å². The van der Waals surface area contributed by atoms with Gasteiger partial charge in [0, 0.05) is 42.2 Å². The predicted octanol–water partition coefficient (Wildman–Crippen LogP) is 6.58. The van der Waals surface area contributed by atoms with E-state index in [1.807, 2.05) is 21.7 Å². The number of rotatable bonds is 8. The van der Waals surface area contributed by atoms with Gasteiger partial charge in [-0.05, 0) is 66.8 Å². The highest BCUT2D eigenvalue weighted by molar-refractivity contribution is 6.38. The first-order valence-electron chi connectivity index (χ1n) is 15.3. The number of fused-ring (bicyclic) bond motifs is 1. The second-order valence-electron chi connectivity index (χ2n) is 12.2. The van der Waals surface area contributed by atoms with E-state index in [4.69, 9.17) is 39.2 Å². The third-order valence-electron chi connectivity index (χ3n) is 9.41. The maximum atomic E-state index is 14.1. The van der Waals surface area contributed by atoms with E-state index >= 15 is 0 Å². The summed E-state index contributed by atoms with van der Waals surface area (Å²) in [5.74, 6) is -0.556. The molecular weight excluding hydrogens is 637 g/mol. The van der Waals surface area contributed by atoms with Crippen LogP contribution in [-0.4, -0.2) is 50.6 Å². The summed E-state index contributed by atoms with van der Waals surface area (Å²) in [5, 5.41) is 8.38. The second-order valence-corrected chi connectivity index (χ2v) is 13.5. The predicted molar refractivity (Wildman–Crippen MR) is 174 cm³/mol. The molecule has 0 bridgehead atoms. The molecule has 1 N–H and O–H groups in total. The normalized spacial score (nSPS) is 17.7. The van der Waals surface area contributed by atoms with Crippen molar-refractivity contribution in [3.63, 3.8) is 0 Å². The number of carbonyl (C=O) groups is 2. The Morgan fingerprint density at radius 3 is 2.42 bits per heavy atom. The van der Waals surface area contributed by atoms with Crippen LogP contribution in [-0.2, 0) is 17.8 Å². The molecule has 1 saturated heterocycles. The minimum Gasteiger partial charge on any atom is -0.449 e. The summed E-state index contributed by atoms with van der Waals surface area (Å²) in [6.45, 7) is 1.91. The lowest BCUT2D eigenvalue weighted by Gasteiger charge is -2.48. The van der Waals surface area contributed by atoms with Crippen LogP contribution in [0.5, 0.6) is 0 Å². The van der Waals surface area contributed by atoms with E-state index < -0.39 is 17.4 Å². The van der Waals surface area contributed by atoms with Crippen LogP contribution in [0.2, 0.25) is 15.1 Å². The summed E-state index contributed by atoms with van der Waals surface area (Å²) >= 11 is 18.4. The van der Waals surface area contributed by atoms with E-state index in [0.717, 1.165) is 31.0 Å². The fraction of sp³-hybridized carbons (Fsp3) is 0.424. The van der Waals surface area contributed by atoms with Gasteiger partial charge in [-0.2, -0.15) is 5.10 Å². The van der Waals surface area contributed by atoms with E-state index in [1.165, 1.54) is 44.2 Å². The number of halogens is 3. The summed E-state index contributed by atoms with van der Waals surface area (Å²) in [6, 6.07) is 10.2. The monoisotopic (exact) mass is 669 g/mol. The molecule has 1 saturated carbocycles. The van der Waals surface area contributed by atoms with Crippen LogP contribution in [0.1, 0.15) is 61.1 Å². The lowest BCUT2D eigenvalue weighted by molar-refractivity contribution is -0.136. The van der Waals surface area contributed by atoms with Gasteiger partial charge in [0.05, 0.1) is 10.4 Å². The summed E-state index contributed by atoms with van der Waals surface area (Å²) < 4.78 is 7.69. The topological polar surface area (TPSA) is 110 Å². The van der Waals surface area contributed by atoms with Crippen molar-refractivity contribution in [1.82, 2.24) is 25.0 Å². The molecular formula is C33H34Cl3N5O4. The van der Waals surface area contributed by atoms with Crippen molar-refractivity contribution in [2.24, 2.45) is 11.3 Å². The maximum absolute atomic E-state index is 14.1. The summed E-state index contributed by atoms with van der Waals surface area (Å²) in [6.07, 6.45) is 11.3. The van der Waals surface area contributed by atoms with Crippen LogP contribution < -0.4 is 10.7 Å². The van der Waals surface area contributed by atoms with Crippen molar-refractivity contribution in [3.05, 3.63) is 91.7 Å². The van der Waals surface area contributed by atoms with E-state index in [2.05, 4.69) is 15.4 Å². The van der Waals surface area contributed by atoms with Crippen molar-refractivity contribution < 1.29 is 14.0 Å². The van der Waals surface area contributed by atoms with Gasteiger partial charge in [-0.3, -0.25) is 19.1 Å². The molecule has 2 aliphatic rings. The largest absolute Gasteiger partial charge is 0.449 e. The number of likely N-dealkylation sites (tertiary alicyclic amines) is 1. The molecule has 2 aromatic carbocycles. The fourth-order valence-electron chi connectivity index (χ4n) is 7.02. The molecule has 0 unspecified atom stereocenters. The van der Waals surface area contributed by atoms with Crippen LogP contribution in [0.3, 0.4) is 0 Å². The van der Waals surface area contributed by atoms with Gasteiger partial charge in [-0.25, -0.2) is 4.98 Å². The molecule has 2 aromatic heterocycles. The number of aromatic nitrogens is 3. The Morgan fingerprint density at radius 2 is 1.73 bits per heavy atom. The average Bonchev–Trinajstić information content (AvgIpc) is 3.55. The number of nitrogens with zero attached hydrogens (tertiary/aromatic N) is 4. The molecule has 236 valence electrons. The number of carbonyl (C=O) groups excluding carboxylic acids is 2. The molecule has 2 amide bonds. The molecule has 3 heterocycles. The standard InChI is InChI=1S/C33H34Cl3N5O4/c34-23-8-6-21(7-9-23)14-27(39-31(43)29-17-28(42)25-15-24(35)16-26(36)30(25)45-29)32(44)40-12-10-33(11-13-40,18-41-20-37-19-38-41)22-4-2-1-3-5-22/h6-9,15-17,19-20,22,27H,1-5,10-14,18H2,(H,39,43)/t27-/m1/s1. The molecule has 0 spiro atoms. The number of nitrogens with one attached hydrogen (secondary N) is 1. The number of benzene rings is 2. The van der Waals surface area contributed by atoms with Gasteiger partial charge in [0.25, 0.3) is 5.91 Å². The number of hydrogen-bond donors (Lipinski definition) is 1. The Labute approximate surface area is 275 Å². The maximum Gasteiger partial charge on any atom is 0.287 e. The van der Waals surface area contributed by atoms with Gasteiger partial charge < -0.3 is 14.6 Å². The molecule has 1 aliphatic carbocycles. The van der Waals surface area contributed by atoms with Crippen LogP contribution >= 0.6 is 34.8 Å². The number of hydrogen-bond acceptors (Lipinski definition) is 6. The van der Waals surface area contributed by atoms with Gasteiger partial charge in [0.15, 0.2) is 16.8 Å². The zero-order valence-corrected chi connectivity index (χ0v) is 27.0. The van der Waals surface area contributed by atoms with Crippen molar-refractivity contribution >= 4 is 57.6 Å². The van der Waals surface area contributed by atoms with Crippen molar-refractivity contribution in [2.75, 3.05) is 13.1 Å². The van der Waals surface area contributed by atoms with Crippen molar-refractivity contribution in [1.29, 1.82) is 0 Å². The lowest BCUT2D eigenvalue weighted by atomic mass is 9.63. The van der Waals surface area contributed by atoms with Gasteiger partial charge in [-0.1, -0.05) is 66.2 Å². The first kappa shape index (κ1) is 31.6. The molecule has 12 heteroatoms. The highest BCUT2D eigenvalue weighted by atomic mass is 35.5. The van der Waals surface area contributed by atoms with E-state index in [9.17, 15) is 14.4 Å². The molecule has 9 nitrogen and oxygen atoms in total. The first-order chi connectivity index (χ1) is 21.7. The Kier molecular flexibility index (Phi) is 9.49. The van der Waals surface area contributed by atoms with Crippen LogP contribution in [0, 0.1) is 11.3 Å². The Morgan fingerprint density at radius 1 is 1.00 bits per heavy atom. The van der Waals surface area contributed by atoms with Gasteiger partial charge in [-0.15, -0.1) is 0 Å². The first-order valence-corrected chi connectivity index (χ1v) is 16.4. The van der Waals surface area contributed by atoms with E-state index in [0.29, 0.717) is 24.0 Å². The second kappa shape index (κ2) is 13.5. The summed E-state index contributed by atoms with van der Waals surface area (Å²) in [4.78, 5) is 46.5. The molecule has 1 atom stereocenters. The Balaban J connectivity index is 1.24. The van der Waals surface area contributed by atoms with E-state index in [-0.39, 0.29) is 44.5 Å². The summed E-state index contributed by atoms with van der Waals surface area (Å²) in [7, 11) is 0. The molecule has 4 aromatic rings. The molecule has 2 fully saturated rings. The third-order valence-corrected chi connectivity index (χ3v) is 10.2. The van der Waals surface area contributed by atoms with E-state index in [1.54, 1.807) is 24.8 Å². The van der Waals surface area contributed by atoms with Crippen LogP contribution in [0.4, 0.5) is 0 Å². The van der Waals surface area contributed by atoms with Crippen LogP contribution in [0.15, 0.2) is 64.3 Å². The molecule has 45 heavy (non-hydrogen) atoms. The zero-order chi connectivity index (χ0) is 31.6. The Hall–Kier alpha value is -3.40. The summed E-state index contributed by atoms with van der Waals surface area (Å²) in [5.41, 5.74) is 0.447. The SMILES string of the molecule is O=C(N[C@H](Cc1ccc(Cl)cc1)C(=O)N1CCC(Cn2cncn2)(C2CCCCC2)CC1)c1cc(=O)c2cc(Cl)cc(Cl)c2o1. The minimum absolute atomic E-state index is 0.0243. The Bertz CT molecular complexity index is 1730. The molecule has 6 rings (SSSR count). The quantitative estimate of drug-likeness (QED) is 0.227. The van der Waals surface area contributed by atoms with Gasteiger partial charge in [0.1, 0.15) is 18.7 Å². The number of piperidine rings is 1. The molecule has 1 aliphatic heterocycles. The fourth-order valence-corrected chi connectivity index (χ4v) is 7.68. The van der Waals surface area contributed by atoms with Gasteiger partial charge in [0.2, 0.25) is 5.91 Å². The minimum atomic E-state index is -0.905. The number of amides is 2.